The molecule has 5 nitrogen and oxygen atoms in total. The van der Waals surface area contributed by atoms with Crippen molar-refractivity contribution in [2.45, 2.75) is 32.6 Å². The second-order valence-corrected chi connectivity index (χ2v) is 7.04. The standard InChI is InChI=1S/C18H20BrNO4/c1-2-3-6-23-15-9-13(19)7-12-8-14(18(22)24-16(12)15)17(21)20-10-11-4-5-11/h7-9,11H,2-6,10H2,1H3,(H,20,21). The molecule has 1 aromatic heterocycles. The normalized spacial score (nSPS) is 13.9. The number of benzene rings is 1. The van der Waals surface area contributed by atoms with Gasteiger partial charge in [-0.15, -0.1) is 0 Å². The van der Waals surface area contributed by atoms with Crippen molar-refractivity contribution in [3.8, 4) is 5.75 Å². The molecule has 0 unspecified atom stereocenters. The van der Waals surface area contributed by atoms with Crippen LogP contribution in [0.25, 0.3) is 11.0 Å². The van der Waals surface area contributed by atoms with E-state index < -0.39 is 5.63 Å². The Kier molecular flexibility index (Phi) is 5.23. The summed E-state index contributed by atoms with van der Waals surface area (Å²) in [5.74, 6) is 0.676. The minimum absolute atomic E-state index is 0.0285. The zero-order valence-corrected chi connectivity index (χ0v) is 15.1. The maximum absolute atomic E-state index is 12.2. The maximum atomic E-state index is 12.2. The smallest absolute Gasteiger partial charge is 0.349 e. The highest BCUT2D eigenvalue weighted by atomic mass is 79.9. The summed E-state index contributed by atoms with van der Waals surface area (Å²) in [7, 11) is 0. The van der Waals surface area contributed by atoms with Crippen LogP contribution >= 0.6 is 15.9 Å². The molecular weight excluding hydrogens is 374 g/mol. The van der Waals surface area contributed by atoms with Crippen molar-refractivity contribution in [3.05, 3.63) is 38.7 Å². The second-order valence-electron chi connectivity index (χ2n) is 6.13. The zero-order valence-electron chi connectivity index (χ0n) is 13.6. The minimum atomic E-state index is -0.640. The van der Waals surface area contributed by atoms with Crippen molar-refractivity contribution in [3.63, 3.8) is 0 Å². The van der Waals surface area contributed by atoms with Crippen LogP contribution in [0.1, 0.15) is 43.0 Å². The lowest BCUT2D eigenvalue weighted by Gasteiger charge is -2.10. The molecule has 0 bridgehead atoms. The van der Waals surface area contributed by atoms with Gasteiger partial charge < -0.3 is 14.5 Å². The van der Waals surface area contributed by atoms with Crippen LogP contribution < -0.4 is 15.7 Å². The second kappa shape index (κ2) is 7.38. The molecule has 0 saturated heterocycles. The largest absolute Gasteiger partial charge is 0.490 e. The Bertz CT molecular complexity index is 811. The summed E-state index contributed by atoms with van der Waals surface area (Å²) in [4.78, 5) is 24.4. The van der Waals surface area contributed by atoms with E-state index in [0.717, 1.165) is 30.2 Å². The molecule has 0 aliphatic heterocycles. The van der Waals surface area contributed by atoms with Crippen LogP contribution in [0.4, 0.5) is 0 Å². The van der Waals surface area contributed by atoms with Gasteiger partial charge in [0.25, 0.3) is 5.91 Å². The van der Waals surface area contributed by atoms with Crippen LogP contribution in [0.15, 0.2) is 31.9 Å². The first-order valence-corrected chi connectivity index (χ1v) is 9.06. The van der Waals surface area contributed by atoms with E-state index in [2.05, 4.69) is 28.2 Å². The number of hydrogen-bond donors (Lipinski definition) is 1. The Morgan fingerprint density at radius 2 is 2.17 bits per heavy atom. The highest BCUT2D eigenvalue weighted by Crippen LogP contribution is 2.30. The van der Waals surface area contributed by atoms with Crippen molar-refractivity contribution in [2.75, 3.05) is 13.2 Å². The average molecular weight is 394 g/mol. The Morgan fingerprint density at radius 1 is 1.38 bits per heavy atom. The van der Waals surface area contributed by atoms with Crippen LogP contribution in [-0.4, -0.2) is 19.1 Å². The predicted octanol–water partition coefficient (Wildman–Crippen LogP) is 3.87. The van der Waals surface area contributed by atoms with Crippen molar-refractivity contribution in [2.24, 2.45) is 5.92 Å². The molecular formula is C18H20BrNO4. The van der Waals surface area contributed by atoms with E-state index in [4.69, 9.17) is 9.15 Å². The molecule has 1 saturated carbocycles. The number of ether oxygens (including phenoxy) is 1. The lowest BCUT2D eigenvalue weighted by atomic mass is 10.1. The van der Waals surface area contributed by atoms with E-state index in [1.165, 1.54) is 0 Å². The summed E-state index contributed by atoms with van der Waals surface area (Å²) < 4.78 is 11.9. The van der Waals surface area contributed by atoms with Gasteiger partial charge in [0.05, 0.1) is 6.61 Å². The maximum Gasteiger partial charge on any atom is 0.349 e. The molecule has 0 atom stereocenters. The monoisotopic (exact) mass is 393 g/mol. The lowest BCUT2D eigenvalue weighted by Crippen LogP contribution is -2.29. The topological polar surface area (TPSA) is 68.5 Å². The first kappa shape index (κ1) is 17.0. The van der Waals surface area contributed by atoms with Gasteiger partial charge in [0.1, 0.15) is 5.56 Å². The number of carbonyl (C=O) groups excluding carboxylic acids is 1. The fourth-order valence-corrected chi connectivity index (χ4v) is 2.87. The van der Waals surface area contributed by atoms with Crippen molar-refractivity contribution < 1.29 is 13.9 Å². The number of hydrogen-bond acceptors (Lipinski definition) is 4. The lowest BCUT2D eigenvalue weighted by molar-refractivity contribution is 0.0948. The molecule has 3 rings (SSSR count). The average Bonchev–Trinajstić information content (AvgIpc) is 3.37. The number of nitrogens with one attached hydrogen (secondary N) is 1. The molecule has 6 heteroatoms. The third-order valence-electron chi connectivity index (χ3n) is 4.01. The van der Waals surface area contributed by atoms with Gasteiger partial charge in [-0.05, 0) is 43.4 Å². The number of amides is 1. The van der Waals surface area contributed by atoms with Gasteiger partial charge in [-0.2, -0.15) is 0 Å². The molecule has 1 heterocycles. The highest BCUT2D eigenvalue weighted by Gasteiger charge is 2.23. The number of fused-ring (bicyclic) bond motifs is 1. The van der Waals surface area contributed by atoms with Gasteiger partial charge in [0, 0.05) is 16.4 Å². The van der Waals surface area contributed by atoms with E-state index >= 15 is 0 Å². The van der Waals surface area contributed by atoms with E-state index in [9.17, 15) is 9.59 Å². The first-order chi connectivity index (χ1) is 11.6. The molecule has 128 valence electrons. The van der Waals surface area contributed by atoms with Gasteiger partial charge in [0.2, 0.25) is 0 Å². The SMILES string of the molecule is CCCCOc1cc(Br)cc2cc(C(=O)NCC3CC3)c(=O)oc12. The zero-order chi connectivity index (χ0) is 17.1. The predicted molar refractivity (Wildman–Crippen MR) is 95.6 cm³/mol. The number of unbranched alkanes of at least 4 members (excludes halogenated alkanes) is 1. The number of carbonyl (C=O) groups is 1. The Balaban J connectivity index is 1.91. The van der Waals surface area contributed by atoms with Gasteiger partial charge >= 0.3 is 5.63 Å². The van der Waals surface area contributed by atoms with E-state index in [0.29, 0.717) is 35.8 Å². The first-order valence-electron chi connectivity index (χ1n) is 8.27. The molecule has 0 spiro atoms. The van der Waals surface area contributed by atoms with Gasteiger partial charge in [-0.3, -0.25) is 4.79 Å². The Labute approximate surface area is 148 Å². The number of rotatable bonds is 7. The van der Waals surface area contributed by atoms with Crippen LogP contribution in [0.5, 0.6) is 5.75 Å². The summed E-state index contributed by atoms with van der Waals surface area (Å²) in [5, 5.41) is 3.45. The molecule has 1 aliphatic carbocycles. The fraction of sp³-hybridized carbons (Fsp3) is 0.444. The molecule has 0 radical (unpaired) electrons. The van der Waals surface area contributed by atoms with Crippen LogP contribution in [0.3, 0.4) is 0 Å². The summed E-state index contributed by atoms with van der Waals surface area (Å²) in [5.41, 5.74) is -0.239. The molecule has 1 N–H and O–H groups in total. The quantitative estimate of drug-likeness (QED) is 0.572. The van der Waals surface area contributed by atoms with Crippen LogP contribution in [0, 0.1) is 5.92 Å². The summed E-state index contributed by atoms with van der Waals surface area (Å²) >= 11 is 3.43. The molecule has 1 amide bonds. The highest BCUT2D eigenvalue weighted by molar-refractivity contribution is 9.10. The van der Waals surface area contributed by atoms with E-state index in [-0.39, 0.29) is 11.5 Å². The summed E-state index contributed by atoms with van der Waals surface area (Å²) in [6.45, 7) is 3.24. The molecule has 24 heavy (non-hydrogen) atoms. The van der Waals surface area contributed by atoms with E-state index in [1.54, 1.807) is 12.1 Å². The molecule has 2 aromatic rings. The van der Waals surface area contributed by atoms with Crippen molar-refractivity contribution in [1.29, 1.82) is 0 Å². The Morgan fingerprint density at radius 3 is 2.88 bits per heavy atom. The summed E-state index contributed by atoms with van der Waals surface area (Å²) in [6.07, 6.45) is 4.21. The van der Waals surface area contributed by atoms with Gasteiger partial charge in [-0.25, -0.2) is 4.79 Å². The number of halogens is 1. The van der Waals surface area contributed by atoms with Crippen LogP contribution in [0.2, 0.25) is 0 Å². The third kappa shape index (κ3) is 3.98. The Hall–Kier alpha value is -1.82. The molecule has 1 aliphatic rings. The van der Waals surface area contributed by atoms with Crippen LogP contribution in [-0.2, 0) is 0 Å². The fourth-order valence-electron chi connectivity index (χ4n) is 2.41. The molecule has 1 fully saturated rings. The van der Waals surface area contributed by atoms with Gasteiger partial charge in [0.15, 0.2) is 11.3 Å². The van der Waals surface area contributed by atoms with Gasteiger partial charge in [-0.1, -0.05) is 29.3 Å². The summed E-state index contributed by atoms with van der Waals surface area (Å²) in [6, 6.07) is 5.15. The van der Waals surface area contributed by atoms with Crippen molar-refractivity contribution in [1.82, 2.24) is 5.32 Å². The van der Waals surface area contributed by atoms with Crippen molar-refractivity contribution >= 4 is 32.8 Å². The third-order valence-corrected chi connectivity index (χ3v) is 4.47. The molecule has 1 aromatic carbocycles. The minimum Gasteiger partial charge on any atom is -0.490 e. The van der Waals surface area contributed by atoms with E-state index in [1.807, 2.05) is 6.07 Å².